The Balaban J connectivity index is 1.67. The molecule has 4 rings (SSSR count). The van der Waals surface area contributed by atoms with Crippen molar-refractivity contribution in [1.82, 2.24) is 15.0 Å². The Morgan fingerprint density at radius 3 is 2.83 bits per heavy atom. The third-order valence-corrected chi connectivity index (χ3v) is 4.23. The minimum Gasteiger partial charge on any atom is -0.408 e. The molecule has 2 N–H and O–H groups in total. The van der Waals surface area contributed by atoms with Crippen LogP contribution in [0.2, 0.25) is 0 Å². The molecule has 0 bridgehead atoms. The Kier molecular flexibility index (Phi) is 3.37. The highest BCUT2D eigenvalue weighted by Gasteiger charge is 2.42. The number of aromatic nitrogens is 3. The molecule has 2 atom stereocenters. The molecule has 1 aliphatic carbocycles. The molecule has 0 radical (unpaired) electrons. The van der Waals surface area contributed by atoms with Gasteiger partial charge in [0.05, 0.1) is 0 Å². The summed E-state index contributed by atoms with van der Waals surface area (Å²) >= 11 is 0. The average Bonchev–Trinajstić information content (AvgIpc) is 3.35. The van der Waals surface area contributed by atoms with Crippen LogP contribution >= 0.6 is 0 Å². The van der Waals surface area contributed by atoms with E-state index in [2.05, 4.69) is 9.97 Å². The number of nitrogens with two attached hydrogens (primary N) is 1. The number of primary amides is 1. The van der Waals surface area contributed by atoms with Crippen LogP contribution in [0.25, 0.3) is 10.9 Å². The summed E-state index contributed by atoms with van der Waals surface area (Å²) in [6.45, 7) is 1.96. The molecule has 6 heteroatoms. The van der Waals surface area contributed by atoms with Crippen LogP contribution in [-0.2, 0) is 0 Å². The number of hydrogen-bond acceptors (Lipinski definition) is 5. The zero-order valence-corrected chi connectivity index (χ0v) is 13.1. The van der Waals surface area contributed by atoms with E-state index in [0.717, 1.165) is 29.0 Å². The molecular weight excluding hydrogens is 304 g/mol. The van der Waals surface area contributed by atoms with E-state index >= 15 is 0 Å². The number of aryl methyl sites for hydroxylation is 1. The van der Waals surface area contributed by atoms with Crippen molar-refractivity contribution in [1.29, 1.82) is 0 Å². The number of hydrogen-bond donors (Lipinski definition) is 1. The van der Waals surface area contributed by atoms with Gasteiger partial charge in [-0.2, -0.15) is 0 Å². The first-order chi connectivity index (χ1) is 11.6. The van der Waals surface area contributed by atoms with Gasteiger partial charge in [-0.25, -0.2) is 19.7 Å². The van der Waals surface area contributed by atoms with Crippen LogP contribution in [0.4, 0.5) is 4.79 Å². The molecular formula is C18H16N4O2. The summed E-state index contributed by atoms with van der Waals surface area (Å²) in [5.41, 5.74) is 7.70. The highest BCUT2D eigenvalue weighted by molar-refractivity contribution is 5.86. The lowest BCUT2D eigenvalue weighted by atomic mass is 10.1. The van der Waals surface area contributed by atoms with Crippen molar-refractivity contribution in [2.24, 2.45) is 5.73 Å². The number of rotatable bonds is 3. The van der Waals surface area contributed by atoms with E-state index in [1.165, 1.54) is 0 Å². The van der Waals surface area contributed by atoms with Gasteiger partial charge >= 0.3 is 6.09 Å². The van der Waals surface area contributed by atoms with E-state index in [1.807, 2.05) is 37.3 Å². The van der Waals surface area contributed by atoms with Crippen LogP contribution in [0.15, 0.2) is 42.6 Å². The van der Waals surface area contributed by atoms with Crippen molar-refractivity contribution in [2.75, 3.05) is 0 Å². The van der Waals surface area contributed by atoms with Gasteiger partial charge in [0.15, 0.2) is 5.75 Å². The normalized spacial score (nSPS) is 19.2. The molecule has 3 aromatic rings. The number of carbonyl (C=O) groups is 1. The van der Waals surface area contributed by atoms with Crippen molar-refractivity contribution in [2.45, 2.75) is 25.2 Å². The molecule has 24 heavy (non-hydrogen) atoms. The van der Waals surface area contributed by atoms with E-state index in [9.17, 15) is 4.79 Å². The number of benzene rings is 1. The Morgan fingerprint density at radius 2 is 2.04 bits per heavy atom. The van der Waals surface area contributed by atoms with Crippen LogP contribution in [0.5, 0.6) is 5.75 Å². The summed E-state index contributed by atoms with van der Waals surface area (Å²) in [4.78, 5) is 24.6. The largest absolute Gasteiger partial charge is 0.410 e. The Labute approximate surface area is 138 Å². The SMILES string of the molecule is Cc1ccnc([C@H]2C[C@@H]2c2ccc3cccc(OC(N)=O)c3n2)n1. The van der Waals surface area contributed by atoms with Crippen LogP contribution in [0.1, 0.15) is 35.5 Å². The number of carbonyl (C=O) groups excluding carboxylic acids is 1. The van der Waals surface area contributed by atoms with E-state index < -0.39 is 6.09 Å². The highest BCUT2D eigenvalue weighted by Crippen LogP contribution is 2.53. The van der Waals surface area contributed by atoms with Crippen molar-refractivity contribution in [3.63, 3.8) is 0 Å². The second-order valence-electron chi connectivity index (χ2n) is 5.99. The van der Waals surface area contributed by atoms with Gasteiger partial charge < -0.3 is 10.5 Å². The second kappa shape index (κ2) is 5.56. The quantitative estimate of drug-likeness (QED) is 0.801. The summed E-state index contributed by atoms with van der Waals surface area (Å²) in [7, 11) is 0. The van der Waals surface area contributed by atoms with E-state index in [4.69, 9.17) is 15.5 Å². The highest BCUT2D eigenvalue weighted by atomic mass is 16.5. The van der Waals surface area contributed by atoms with Crippen LogP contribution < -0.4 is 10.5 Å². The van der Waals surface area contributed by atoms with Gasteiger partial charge in [0.1, 0.15) is 11.3 Å². The fourth-order valence-corrected chi connectivity index (χ4v) is 2.99. The van der Waals surface area contributed by atoms with Crippen molar-refractivity contribution < 1.29 is 9.53 Å². The number of amides is 1. The first-order valence-electron chi connectivity index (χ1n) is 7.78. The lowest BCUT2D eigenvalue weighted by Gasteiger charge is -2.07. The van der Waals surface area contributed by atoms with Crippen molar-refractivity contribution in [3.8, 4) is 5.75 Å². The van der Waals surface area contributed by atoms with Gasteiger partial charge in [-0.05, 0) is 31.5 Å². The molecule has 1 aliphatic rings. The van der Waals surface area contributed by atoms with E-state index in [0.29, 0.717) is 17.2 Å². The maximum absolute atomic E-state index is 11.1. The maximum Gasteiger partial charge on any atom is 0.410 e. The Bertz CT molecular complexity index is 941. The lowest BCUT2D eigenvalue weighted by Crippen LogP contribution is -2.16. The number of nitrogens with zero attached hydrogens (tertiary/aromatic N) is 3. The third-order valence-electron chi connectivity index (χ3n) is 4.23. The zero-order valence-electron chi connectivity index (χ0n) is 13.1. The van der Waals surface area contributed by atoms with Gasteiger partial charge in [-0.15, -0.1) is 0 Å². The smallest absolute Gasteiger partial charge is 0.408 e. The maximum atomic E-state index is 11.1. The Morgan fingerprint density at radius 1 is 1.17 bits per heavy atom. The first-order valence-corrected chi connectivity index (χ1v) is 7.78. The van der Waals surface area contributed by atoms with Crippen LogP contribution in [-0.4, -0.2) is 21.0 Å². The minimum absolute atomic E-state index is 0.290. The summed E-state index contributed by atoms with van der Waals surface area (Å²) in [6, 6.07) is 11.3. The van der Waals surface area contributed by atoms with Crippen molar-refractivity contribution >= 4 is 17.0 Å². The average molecular weight is 320 g/mol. The summed E-state index contributed by atoms with van der Waals surface area (Å²) in [5, 5.41) is 0.904. The van der Waals surface area contributed by atoms with Gasteiger partial charge in [0.2, 0.25) is 0 Å². The molecule has 1 fully saturated rings. The lowest BCUT2D eigenvalue weighted by molar-refractivity contribution is 0.211. The number of ether oxygens (including phenoxy) is 1. The van der Waals surface area contributed by atoms with Gasteiger partial charge in [0, 0.05) is 34.8 Å². The van der Waals surface area contributed by atoms with Gasteiger partial charge in [-0.1, -0.05) is 18.2 Å². The molecule has 0 spiro atoms. The molecule has 2 heterocycles. The molecule has 120 valence electrons. The van der Waals surface area contributed by atoms with Gasteiger partial charge in [-0.3, -0.25) is 0 Å². The molecule has 1 aromatic carbocycles. The number of para-hydroxylation sites is 1. The predicted molar refractivity (Wildman–Crippen MR) is 88.8 cm³/mol. The zero-order chi connectivity index (χ0) is 16.7. The molecule has 0 aliphatic heterocycles. The standard InChI is InChI=1S/C18H16N4O2/c1-10-7-8-20-17(21-10)13-9-12(13)14-6-5-11-3-2-4-15(16(11)22-14)24-18(19)23/h2-8,12-13H,9H2,1H3,(H2,19,23)/t12-,13-/m0/s1. The topological polar surface area (TPSA) is 91.0 Å². The van der Waals surface area contributed by atoms with Crippen LogP contribution in [0, 0.1) is 6.92 Å². The van der Waals surface area contributed by atoms with E-state index in [-0.39, 0.29) is 5.92 Å². The summed E-state index contributed by atoms with van der Waals surface area (Å²) in [5.74, 6) is 1.83. The summed E-state index contributed by atoms with van der Waals surface area (Å²) in [6.07, 6.45) is 1.92. The van der Waals surface area contributed by atoms with Crippen molar-refractivity contribution in [3.05, 3.63) is 59.8 Å². The minimum atomic E-state index is -0.841. The molecule has 0 saturated heterocycles. The molecule has 1 saturated carbocycles. The van der Waals surface area contributed by atoms with E-state index in [1.54, 1.807) is 12.3 Å². The Hall–Kier alpha value is -3.02. The molecule has 1 amide bonds. The fourth-order valence-electron chi connectivity index (χ4n) is 2.99. The molecule has 0 unspecified atom stereocenters. The molecule has 2 aromatic heterocycles. The predicted octanol–water partition coefficient (Wildman–Crippen LogP) is 3.06. The van der Waals surface area contributed by atoms with Crippen LogP contribution in [0.3, 0.4) is 0 Å². The third kappa shape index (κ3) is 2.67. The van der Waals surface area contributed by atoms with Gasteiger partial charge in [0.25, 0.3) is 0 Å². The fraction of sp³-hybridized carbons (Fsp3) is 0.222. The molecule has 6 nitrogen and oxygen atoms in total. The summed E-state index contributed by atoms with van der Waals surface area (Å²) < 4.78 is 5.06. The monoisotopic (exact) mass is 320 g/mol. The number of fused-ring (bicyclic) bond motifs is 1. The first kappa shape index (κ1) is 14.6. The number of pyridine rings is 1. The second-order valence-corrected chi connectivity index (χ2v) is 5.99.